The van der Waals surface area contributed by atoms with Crippen LogP contribution in [0.3, 0.4) is 0 Å². The number of fused-ring (bicyclic) bond motifs is 2. The number of rotatable bonds is 9. The molecule has 2 aliphatic rings. The maximum Gasteiger partial charge on any atom is 0.273 e. The molecule has 3 amide bonds. The second kappa shape index (κ2) is 14.9. The Morgan fingerprint density at radius 2 is 1.56 bits per heavy atom. The van der Waals surface area contributed by atoms with Crippen molar-refractivity contribution in [1.29, 1.82) is 0 Å². The molecule has 0 spiro atoms. The predicted molar refractivity (Wildman–Crippen MR) is 173 cm³/mol. The quantitative estimate of drug-likeness (QED) is 0.198. The van der Waals surface area contributed by atoms with Crippen molar-refractivity contribution < 1.29 is 43.2 Å². The second-order valence-corrected chi connectivity index (χ2v) is 11.6. The number of nitrogens with one attached hydrogen (secondary N) is 3. The van der Waals surface area contributed by atoms with Crippen LogP contribution in [0, 0.1) is 0 Å². The summed E-state index contributed by atoms with van der Waals surface area (Å²) in [6, 6.07) is 28.2. The number of ether oxygens (including phenoxy) is 5. The van der Waals surface area contributed by atoms with Crippen LogP contribution in [0.5, 0.6) is 5.75 Å². The number of benzene rings is 4. The van der Waals surface area contributed by atoms with Crippen molar-refractivity contribution in [3.63, 3.8) is 0 Å². The van der Waals surface area contributed by atoms with E-state index in [4.69, 9.17) is 23.7 Å². The number of hydrazine groups is 1. The summed E-state index contributed by atoms with van der Waals surface area (Å²) in [5.41, 5.74) is 6.38. The van der Waals surface area contributed by atoms with Crippen LogP contribution in [-0.4, -0.2) is 66.2 Å². The van der Waals surface area contributed by atoms with Crippen LogP contribution in [0.15, 0.2) is 97.1 Å². The molecule has 12 nitrogen and oxygen atoms in total. The van der Waals surface area contributed by atoms with Gasteiger partial charge in [0, 0.05) is 12.5 Å². The van der Waals surface area contributed by atoms with Crippen LogP contribution in [0.25, 0.3) is 10.8 Å². The highest BCUT2D eigenvalue weighted by Gasteiger charge is 2.52. The predicted octanol–water partition coefficient (Wildman–Crippen LogP) is 3.64. The van der Waals surface area contributed by atoms with Crippen LogP contribution in [0.1, 0.15) is 41.6 Å². The third-order valence-corrected chi connectivity index (χ3v) is 8.18. The Morgan fingerprint density at radius 1 is 0.896 bits per heavy atom. The van der Waals surface area contributed by atoms with Crippen LogP contribution in [-0.2, 0) is 39.9 Å². The summed E-state index contributed by atoms with van der Waals surface area (Å²) < 4.78 is 31.2. The van der Waals surface area contributed by atoms with Gasteiger partial charge in [0.25, 0.3) is 11.8 Å². The van der Waals surface area contributed by atoms with E-state index in [1.54, 1.807) is 0 Å². The minimum absolute atomic E-state index is 0.0125. The lowest BCUT2D eigenvalue weighted by Gasteiger charge is -2.49. The minimum atomic E-state index is -1.15. The molecule has 0 aromatic heterocycles. The number of amides is 3. The molecule has 12 heteroatoms. The van der Waals surface area contributed by atoms with Crippen molar-refractivity contribution in [2.24, 2.45) is 0 Å². The Bertz CT molecular complexity index is 1740. The van der Waals surface area contributed by atoms with Crippen LogP contribution in [0.2, 0.25) is 0 Å². The molecule has 250 valence electrons. The topological polar surface area (TPSA) is 154 Å². The number of hydrogen-bond acceptors (Lipinski definition) is 9. The molecule has 0 aliphatic carbocycles. The van der Waals surface area contributed by atoms with Crippen molar-refractivity contribution >= 4 is 28.5 Å². The van der Waals surface area contributed by atoms with Crippen molar-refractivity contribution in [1.82, 2.24) is 16.2 Å². The lowest BCUT2D eigenvalue weighted by Crippen LogP contribution is -2.68. The standard InChI is InChI=1S/C36H37N3O9/c1-21(33(42)38-39-34(43)27-17-25-15-9-10-16-26(25)18-28(27)41)46-32-30(37-22(2)40)36(44-19-23-11-5-3-6-12-23)47-29-20-45-35(48-31(29)32)24-13-7-4-8-14-24/h3-18,21,29-32,35-36,41H,19-20H2,1-2H3,(H,37,40)(H,38,42)(H,39,43)/t21?,29-,30-,31-,32-,35+,36+/m1/s1. The summed E-state index contributed by atoms with van der Waals surface area (Å²) in [6.07, 6.45) is -5.26. The zero-order chi connectivity index (χ0) is 33.6. The van der Waals surface area contributed by atoms with E-state index in [-0.39, 0.29) is 30.4 Å². The van der Waals surface area contributed by atoms with E-state index in [1.807, 2.05) is 84.9 Å². The molecular formula is C36H37N3O9. The first-order chi connectivity index (χ1) is 23.3. The highest BCUT2D eigenvalue weighted by Crippen LogP contribution is 2.36. The van der Waals surface area contributed by atoms with Crippen molar-refractivity contribution in [3.8, 4) is 5.75 Å². The van der Waals surface area contributed by atoms with E-state index in [9.17, 15) is 19.5 Å². The fourth-order valence-corrected chi connectivity index (χ4v) is 5.79. The average Bonchev–Trinajstić information content (AvgIpc) is 3.10. The van der Waals surface area contributed by atoms with Gasteiger partial charge in [0.2, 0.25) is 5.91 Å². The zero-order valence-electron chi connectivity index (χ0n) is 26.4. The highest BCUT2D eigenvalue weighted by molar-refractivity contribution is 6.02. The van der Waals surface area contributed by atoms with E-state index in [0.717, 1.165) is 21.9 Å². The van der Waals surface area contributed by atoms with Gasteiger partial charge in [-0.15, -0.1) is 0 Å². The Morgan fingerprint density at radius 3 is 2.27 bits per heavy atom. The van der Waals surface area contributed by atoms with Gasteiger partial charge >= 0.3 is 0 Å². The van der Waals surface area contributed by atoms with E-state index in [2.05, 4.69) is 16.2 Å². The molecule has 2 fully saturated rings. The molecule has 2 saturated heterocycles. The molecule has 6 rings (SSSR count). The largest absolute Gasteiger partial charge is 0.507 e. The van der Waals surface area contributed by atoms with E-state index in [0.29, 0.717) is 0 Å². The van der Waals surface area contributed by atoms with Gasteiger partial charge in [-0.1, -0.05) is 84.9 Å². The summed E-state index contributed by atoms with van der Waals surface area (Å²) in [6.45, 7) is 3.19. The summed E-state index contributed by atoms with van der Waals surface area (Å²) in [7, 11) is 0. The number of hydrogen-bond donors (Lipinski definition) is 4. The SMILES string of the molecule is CC(=O)N[C@H]1[C@@H](OCc2ccccc2)O[C@@H]2CO[C@H](c3ccccc3)O[C@H]2[C@@H]1OC(C)C(=O)NNC(=O)c1cc2ccccc2cc1O. The van der Waals surface area contributed by atoms with Crippen LogP contribution in [0.4, 0.5) is 0 Å². The van der Waals surface area contributed by atoms with Crippen molar-refractivity contribution in [3.05, 3.63) is 114 Å². The fourth-order valence-electron chi connectivity index (χ4n) is 5.79. The maximum absolute atomic E-state index is 13.3. The van der Waals surface area contributed by atoms with Gasteiger partial charge < -0.3 is 34.1 Å². The molecule has 0 bridgehead atoms. The van der Waals surface area contributed by atoms with Gasteiger partial charge in [0.15, 0.2) is 12.6 Å². The summed E-state index contributed by atoms with van der Waals surface area (Å²) in [5, 5.41) is 14.8. The summed E-state index contributed by atoms with van der Waals surface area (Å²) >= 11 is 0. The smallest absolute Gasteiger partial charge is 0.273 e. The lowest BCUT2D eigenvalue weighted by molar-refractivity contribution is -0.351. The number of phenolic OH excluding ortho intramolecular Hbond substituents is 1. The monoisotopic (exact) mass is 655 g/mol. The molecule has 4 aromatic carbocycles. The first-order valence-corrected chi connectivity index (χ1v) is 15.6. The van der Waals surface area contributed by atoms with Gasteiger partial charge in [-0.05, 0) is 35.4 Å². The van der Waals surface area contributed by atoms with E-state index >= 15 is 0 Å². The second-order valence-electron chi connectivity index (χ2n) is 11.6. The Hall–Kier alpha value is -4.85. The van der Waals surface area contributed by atoms with Crippen molar-refractivity contribution in [2.45, 2.75) is 63.5 Å². The Kier molecular flexibility index (Phi) is 10.3. The molecule has 2 heterocycles. The molecule has 0 radical (unpaired) electrons. The number of carbonyl (C=O) groups is 3. The van der Waals surface area contributed by atoms with E-state index in [1.165, 1.54) is 26.0 Å². The minimum Gasteiger partial charge on any atom is -0.507 e. The van der Waals surface area contributed by atoms with Gasteiger partial charge in [-0.25, -0.2) is 0 Å². The number of carbonyl (C=O) groups excluding carboxylic acids is 3. The first kappa shape index (κ1) is 33.1. The Balaban J connectivity index is 1.20. The number of phenols is 1. The average molecular weight is 656 g/mol. The van der Waals surface area contributed by atoms with Crippen LogP contribution < -0.4 is 16.2 Å². The Labute approximate surface area is 277 Å². The van der Waals surface area contributed by atoms with Gasteiger partial charge in [0.1, 0.15) is 36.2 Å². The molecule has 2 aliphatic heterocycles. The summed E-state index contributed by atoms with van der Waals surface area (Å²) in [5.74, 6) is -1.99. The fraction of sp³-hybridized carbons (Fsp3) is 0.306. The third-order valence-electron chi connectivity index (χ3n) is 8.18. The molecule has 1 unspecified atom stereocenters. The number of aromatic hydroxyl groups is 1. The van der Waals surface area contributed by atoms with E-state index < -0.39 is 54.9 Å². The van der Waals surface area contributed by atoms with Gasteiger partial charge in [0.05, 0.1) is 18.8 Å². The third kappa shape index (κ3) is 7.64. The maximum atomic E-state index is 13.3. The molecule has 4 aromatic rings. The normalized spacial score (nSPS) is 24.2. The summed E-state index contributed by atoms with van der Waals surface area (Å²) in [4.78, 5) is 38.7. The van der Waals surface area contributed by atoms with Crippen LogP contribution >= 0.6 is 0 Å². The van der Waals surface area contributed by atoms with Gasteiger partial charge in [-0.2, -0.15) is 0 Å². The highest BCUT2D eigenvalue weighted by atomic mass is 16.8. The molecule has 4 N–H and O–H groups in total. The lowest BCUT2D eigenvalue weighted by atomic mass is 9.95. The molecule has 7 atom stereocenters. The van der Waals surface area contributed by atoms with Gasteiger partial charge in [-0.3, -0.25) is 25.2 Å². The molecule has 48 heavy (non-hydrogen) atoms. The van der Waals surface area contributed by atoms with Crippen molar-refractivity contribution in [2.75, 3.05) is 6.61 Å². The molecule has 0 saturated carbocycles. The zero-order valence-corrected chi connectivity index (χ0v) is 26.4. The molecular weight excluding hydrogens is 618 g/mol. The first-order valence-electron chi connectivity index (χ1n) is 15.6.